The molecule has 3 aromatic heterocycles. The van der Waals surface area contributed by atoms with Gasteiger partial charge < -0.3 is 15.5 Å². The van der Waals surface area contributed by atoms with Crippen molar-refractivity contribution in [3.8, 4) is 0 Å². The largest absolute Gasteiger partial charge is 0.433 e. The van der Waals surface area contributed by atoms with Gasteiger partial charge in [0.2, 0.25) is 5.95 Å². The highest BCUT2D eigenvalue weighted by atomic mass is 19.4. The second-order valence-corrected chi connectivity index (χ2v) is 9.33. The number of amides is 1. The lowest BCUT2D eigenvalue weighted by molar-refractivity contribution is -0.141. The highest BCUT2D eigenvalue weighted by Crippen LogP contribution is 2.37. The van der Waals surface area contributed by atoms with Crippen LogP contribution >= 0.6 is 0 Å². The van der Waals surface area contributed by atoms with Gasteiger partial charge >= 0.3 is 6.18 Å². The Bertz CT molecular complexity index is 1710. The number of carbonyl (C=O) groups is 1. The van der Waals surface area contributed by atoms with Gasteiger partial charge in [0.1, 0.15) is 17.3 Å². The highest BCUT2D eigenvalue weighted by Gasteiger charge is 2.33. The predicted molar refractivity (Wildman–Crippen MR) is 144 cm³/mol. The smallest absolute Gasteiger partial charge is 0.322 e. The minimum atomic E-state index is -4.65. The van der Waals surface area contributed by atoms with Gasteiger partial charge in [0.15, 0.2) is 0 Å². The lowest BCUT2D eigenvalue weighted by Gasteiger charge is -2.28. The Morgan fingerprint density at radius 2 is 1.93 bits per heavy atom. The first kappa shape index (κ1) is 25.2. The third-order valence-corrected chi connectivity index (χ3v) is 6.49. The third-order valence-electron chi connectivity index (χ3n) is 6.49. The fraction of sp³-hybridized carbons (Fsp3) is 0.185. The van der Waals surface area contributed by atoms with E-state index < -0.39 is 17.8 Å². The van der Waals surface area contributed by atoms with Crippen LogP contribution in [0.2, 0.25) is 0 Å². The van der Waals surface area contributed by atoms with Crippen molar-refractivity contribution in [1.82, 2.24) is 24.7 Å². The van der Waals surface area contributed by atoms with Crippen molar-refractivity contribution < 1.29 is 18.0 Å². The molecule has 2 aliphatic rings. The molecule has 0 unspecified atom stereocenters. The molecule has 0 bridgehead atoms. The van der Waals surface area contributed by atoms with Gasteiger partial charge in [-0.05, 0) is 48.4 Å². The van der Waals surface area contributed by atoms with Gasteiger partial charge in [0.05, 0.1) is 18.4 Å². The van der Waals surface area contributed by atoms with Crippen LogP contribution in [0.25, 0.3) is 11.6 Å². The minimum Gasteiger partial charge on any atom is -0.322 e. The van der Waals surface area contributed by atoms with Crippen molar-refractivity contribution in [2.45, 2.75) is 13.1 Å². The molecule has 1 amide bonds. The number of amidine groups is 1. The number of anilines is 4. The Hall–Kier alpha value is -5.07. The zero-order valence-corrected chi connectivity index (χ0v) is 21.4. The number of aromatic nitrogens is 5. The summed E-state index contributed by atoms with van der Waals surface area (Å²) in [4.78, 5) is 32.1. The fourth-order valence-electron chi connectivity index (χ4n) is 4.60. The number of aryl methyl sites for hydroxylation is 2. The molecular formula is C27H22F3N9O. The predicted octanol–water partition coefficient (Wildman–Crippen LogP) is 4.70. The summed E-state index contributed by atoms with van der Waals surface area (Å²) in [7, 11) is 1.82. The van der Waals surface area contributed by atoms with Crippen LogP contribution in [0.5, 0.6) is 0 Å². The monoisotopic (exact) mass is 545 g/mol. The lowest BCUT2D eigenvalue weighted by atomic mass is 9.94. The number of fused-ring (bicyclic) bond motifs is 3. The number of halogens is 3. The number of carbonyl (C=O) groups excluding carboxylic acids is 1. The van der Waals surface area contributed by atoms with E-state index >= 15 is 0 Å². The van der Waals surface area contributed by atoms with E-state index in [0.717, 1.165) is 51.9 Å². The topological polar surface area (TPSA) is 113 Å². The maximum absolute atomic E-state index is 13.1. The number of rotatable bonds is 5. The first-order valence-electron chi connectivity index (χ1n) is 12.3. The molecular weight excluding hydrogens is 523 g/mol. The molecule has 0 saturated heterocycles. The van der Waals surface area contributed by atoms with Crippen LogP contribution in [0, 0.1) is 6.92 Å². The molecule has 0 spiro atoms. The van der Waals surface area contributed by atoms with Crippen molar-refractivity contribution in [2.75, 3.05) is 28.6 Å². The number of alkyl halides is 3. The molecule has 5 heterocycles. The molecule has 10 nitrogen and oxygen atoms in total. The molecule has 13 heteroatoms. The Kier molecular flexibility index (Phi) is 6.05. The first-order chi connectivity index (χ1) is 19.2. The Balaban J connectivity index is 1.31. The molecule has 4 aromatic rings. The molecule has 2 aliphatic heterocycles. The maximum Gasteiger partial charge on any atom is 0.433 e. The van der Waals surface area contributed by atoms with E-state index in [9.17, 15) is 18.0 Å². The number of hydrogen-bond acceptors (Lipinski definition) is 8. The highest BCUT2D eigenvalue weighted by molar-refractivity contribution is 6.36. The molecule has 0 saturated carbocycles. The lowest BCUT2D eigenvalue weighted by Crippen LogP contribution is -2.32. The molecule has 1 aromatic carbocycles. The first-order valence-corrected chi connectivity index (χ1v) is 12.3. The van der Waals surface area contributed by atoms with Gasteiger partial charge in [-0.1, -0.05) is 6.07 Å². The van der Waals surface area contributed by atoms with Gasteiger partial charge in [-0.3, -0.25) is 19.5 Å². The molecule has 40 heavy (non-hydrogen) atoms. The van der Waals surface area contributed by atoms with E-state index in [0.29, 0.717) is 24.7 Å². The summed E-state index contributed by atoms with van der Waals surface area (Å²) in [6.45, 7) is 3.16. The van der Waals surface area contributed by atoms with Crippen molar-refractivity contribution in [2.24, 2.45) is 12.0 Å². The fourth-order valence-corrected chi connectivity index (χ4v) is 4.60. The van der Waals surface area contributed by atoms with Gasteiger partial charge in [-0.15, -0.1) is 0 Å². The van der Waals surface area contributed by atoms with Crippen LogP contribution in [0.4, 0.5) is 36.3 Å². The van der Waals surface area contributed by atoms with Crippen LogP contribution in [-0.2, 0) is 13.2 Å². The second kappa shape index (κ2) is 9.59. The molecule has 6 rings (SSSR count). The number of aliphatic imine (C=N–C) groups is 1. The van der Waals surface area contributed by atoms with E-state index in [-0.39, 0.29) is 5.56 Å². The molecule has 202 valence electrons. The quantitative estimate of drug-likeness (QED) is 0.374. The number of pyridine rings is 1. The zero-order valence-electron chi connectivity index (χ0n) is 21.4. The SMILES string of the molecule is Cc1ccc(NC(=O)c2ccnc(C(F)(F)F)c2)cc1C1=Cc2cnc(Nc3cnn(C)c3)nc2N2CCN=C12. The van der Waals surface area contributed by atoms with Crippen molar-refractivity contribution in [3.05, 3.63) is 83.1 Å². The maximum atomic E-state index is 13.1. The van der Waals surface area contributed by atoms with Gasteiger partial charge in [-0.25, -0.2) is 4.98 Å². The zero-order chi connectivity index (χ0) is 28.0. The molecule has 0 radical (unpaired) electrons. The van der Waals surface area contributed by atoms with Crippen LogP contribution in [-0.4, -0.2) is 49.6 Å². The summed E-state index contributed by atoms with van der Waals surface area (Å²) in [6, 6.07) is 7.30. The van der Waals surface area contributed by atoms with Gasteiger partial charge in [-0.2, -0.15) is 23.3 Å². The van der Waals surface area contributed by atoms with Gasteiger partial charge in [0, 0.05) is 54.6 Å². The van der Waals surface area contributed by atoms with Crippen LogP contribution < -0.4 is 15.5 Å². The Labute approximate surface area is 226 Å². The van der Waals surface area contributed by atoms with E-state index in [1.165, 1.54) is 6.07 Å². The molecule has 0 fully saturated rings. The number of nitrogens with one attached hydrogen (secondary N) is 2. The molecule has 0 atom stereocenters. The van der Waals surface area contributed by atoms with Gasteiger partial charge in [0.25, 0.3) is 5.91 Å². The standard InChI is InChI=1S/C27H22F3N9O/c1-15-3-4-18(35-25(40)16-5-6-31-22(10-16)27(28,29)30)11-20(15)21-9-17-12-33-26(36-19-13-34-38(2)14-19)37-23(17)39-8-7-32-24(21)39/h3-6,9-14H,7-8H2,1-2H3,(H,35,40)(H,33,36,37). The summed E-state index contributed by atoms with van der Waals surface area (Å²) in [5.41, 5.74) is 3.31. The molecule has 2 N–H and O–H groups in total. The van der Waals surface area contributed by atoms with E-state index in [4.69, 9.17) is 9.98 Å². The number of benzene rings is 1. The van der Waals surface area contributed by atoms with Crippen molar-refractivity contribution in [1.29, 1.82) is 0 Å². The third kappa shape index (κ3) is 4.77. The number of hydrogen-bond donors (Lipinski definition) is 2. The van der Waals surface area contributed by atoms with E-state index in [1.807, 2.05) is 37.2 Å². The average Bonchev–Trinajstić information content (AvgIpc) is 3.58. The van der Waals surface area contributed by atoms with Crippen LogP contribution in [0.1, 0.15) is 32.7 Å². The summed E-state index contributed by atoms with van der Waals surface area (Å²) in [5.74, 6) is 1.23. The summed E-state index contributed by atoms with van der Waals surface area (Å²) < 4.78 is 40.9. The summed E-state index contributed by atoms with van der Waals surface area (Å²) in [5, 5.41) is 10.0. The minimum absolute atomic E-state index is 0.144. The van der Waals surface area contributed by atoms with Crippen molar-refractivity contribution in [3.63, 3.8) is 0 Å². The van der Waals surface area contributed by atoms with E-state index in [2.05, 4.69) is 25.7 Å². The molecule has 0 aliphatic carbocycles. The average molecular weight is 546 g/mol. The Morgan fingerprint density at radius 3 is 2.70 bits per heavy atom. The van der Waals surface area contributed by atoms with Crippen LogP contribution in [0.15, 0.2) is 60.1 Å². The van der Waals surface area contributed by atoms with Crippen molar-refractivity contribution >= 4 is 46.5 Å². The summed E-state index contributed by atoms with van der Waals surface area (Å²) in [6.07, 6.45) is 3.51. The van der Waals surface area contributed by atoms with E-state index in [1.54, 1.807) is 29.2 Å². The van der Waals surface area contributed by atoms with Crippen LogP contribution in [0.3, 0.4) is 0 Å². The Morgan fingerprint density at radius 1 is 1.07 bits per heavy atom. The second-order valence-electron chi connectivity index (χ2n) is 9.33. The normalized spacial score (nSPS) is 14.3. The number of nitrogens with zero attached hydrogens (tertiary/aromatic N) is 7. The summed E-state index contributed by atoms with van der Waals surface area (Å²) >= 11 is 0.